The number of imide groups is 2. The minimum atomic E-state index is -0.532. The number of hydrogen-bond acceptors (Lipinski definition) is 7. The molecule has 0 saturated heterocycles. The smallest absolute Gasteiger partial charge is 0.266 e. The highest BCUT2D eigenvalue weighted by atomic mass is 16.5. The minimum Gasteiger partial charge on any atom is -0.508 e. The average Bonchev–Trinajstić information content (AvgIpc) is 3.29. The maximum absolute atomic E-state index is 13.0. The molecule has 4 aromatic carbocycles. The Kier molecular flexibility index (Phi) is 4.80. The van der Waals surface area contributed by atoms with Gasteiger partial charge in [0, 0.05) is 0 Å². The van der Waals surface area contributed by atoms with Crippen LogP contribution in [0.1, 0.15) is 41.4 Å². The zero-order chi connectivity index (χ0) is 25.8. The number of phenols is 2. The van der Waals surface area contributed by atoms with E-state index in [1.807, 2.05) is 0 Å². The summed E-state index contributed by atoms with van der Waals surface area (Å²) in [6.45, 7) is 0. The van der Waals surface area contributed by atoms with Crippen molar-refractivity contribution >= 4 is 35.0 Å². The molecule has 2 heterocycles. The molecule has 9 nitrogen and oxygen atoms in total. The predicted octanol–water partition coefficient (Wildman–Crippen LogP) is 4.49. The van der Waals surface area contributed by atoms with E-state index >= 15 is 0 Å². The highest BCUT2D eigenvalue weighted by Crippen LogP contribution is 2.35. The third kappa shape index (κ3) is 3.49. The molecule has 0 aromatic heterocycles. The summed E-state index contributed by atoms with van der Waals surface area (Å²) in [4.78, 5) is 53.7. The van der Waals surface area contributed by atoms with Crippen molar-refractivity contribution in [2.45, 2.75) is 0 Å². The fourth-order valence-electron chi connectivity index (χ4n) is 4.38. The Morgan fingerprint density at radius 2 is 0.811 bits per heavy atom. The molecule has 180 valence electrons. The van der Waals surface area contributed by atoms with Crippen LogP contribution in [0.2, 0.25) is 0 Å². The Labute approximate surface area is 209 Å². The van der Waals surface area contributed by atoms with Crippen LogP contribution in [0.5, 0.6) is 23.0 Å². The van der Waals surface area contributed by atoms with Gasteiger partial charge in [-0.3, -0.25) is 19.2 Å². The fourth-order valence-corrected chi connectivity index (χ4v) is 4.38. The van der Waals surface area contributed by atoms with Gasteiger partial charge in [0.05, 0.1) is 33.6 Å². The number of ether oxygens (including phenoxy) is 1. The van der Waals surface area contributed by atoms with Crippen LogP contribution in [0.15, 0.2) is 84.9 Å². The Morgan fingerprint density at radius 3 is 1.19 bits per heavy atom. The van der Waals surface area contributed by atoms with Crippen LogP contribution in [-0.2, 0) is 0 Å². The third-order valence-corrected chi connectivity index (χ3v) is 6.17. The van der Waals surface area contributed by atoms with E-state index in [0.717, 1.165) is 9.80 Å². The molecule has 0 unspecified atom stereocenters. The number of hydrogen-bond donors (Lipinski definition) is 2. The van der Waals surface area contributed by atoms with Gasteiger partial charge < -0.3 is 14.9 Å². The average molecular weight is 492 g/mol. The molecular weight excluding hydrogens is 476 g/mol. The molecule has 0 radical (unpaired) electrons. The maximum Gasteiger partial charge on any atom is 0.266 e. The van der Waals surface area contributed by atoms with Crippen LogP contribution < -0.4 is 14.5 Å². The number of rotatable bonds is 4. The van der Waals surface area contributed by atoms with E-state index in [9.17, 15) is 29.4 Å². The molecule has 9 heteroatoms. The van der Waals surface area contributed by atoms with Crippen molar-refractivity contribution in [3.63, 3.8) is 0 Å². The molecule has 0 atom stereocenters. The first-order valence-corrected chi connectivity index (χ1v) is 11.1. The van der Waals surface area contributed by atoms with Crippen LogP contribution in [0.4, 0.5) is 11.4 Å². The Hall–Kier alpha value is -5.44. The maximum atomic E-state index is 13.0. The van der Waals surface area contributed by atoms with Crippen molar-refractivity contribution in [1.29, 1.82) is 0 Å². The summed E-state index contributed by atoms with van der Waals surface area (Å²) >= 11 is 0. The summed E-state index contributed by atoms with van der Waals surface area (Å²) in [6, 6.07) is 20.4. The van der Waals surface area contributed by atoms with Crippen molar-refractivity contribution < 1.29 is 34.1 Å². The van der Waals surface area contributed by atoms with Crippen molar-refractivity contribution in [2.75, 3.05) is 9.80 Å². The molecule has 0 spiro atoms. The number of anilines is 2. The molecule has 0 aliphatic carbocycles. The Balaban J connectivity index is 1.27. The lowest BCUT2D eigenvalue weighted by Gasteiger charge is -2.13. The van der Waals surface area contributed by atoms with E-state index in [1.54, 1.807) is 0 Å². The number of benzene rings is 4. The Bertz CT molecular complexity index is 1520. The van der Waals surface area contributed by atoms with Gasteiger partial charge in [0.15, 0.2) is 0 Å². The van der Waals surface area contributed by atoms with Crippen molar-refractivity contribution in [3.05, 3.63) is 107 Å². The summed E-state index contributed by atoms with van der Waals surface area (Å²) in [5.41, 5.74) is 1.38. The van der Waals surface area contributed by atoms with Crippen molar-refractivity contribution in [2.24, 2.45) is 0 Å². The second-order valence-corrected chi connectivity index (χ2v) is 8.44. The zero-order valence-corrected chi connectivity index (χ0v) is 18.9. The molecule has 0 fully saturated rings. The molecule has 0 saturated carbocycles. The second kappa shape index (κ2) is 8.06. The number of fused-ring (bicyclic) bond motifs is 2. The largest absolute Gasteiger partial charge is 0.508 e. The SMILES string of the molecule is O=C1c2ccc(Oc3ccc4c(c3)C(=O)N(c3ccc(O)cc3)C4=O)cc2C(=O)N1c1ccc(O)cc1. The Morgan fingerprint density at radius 1 is 0.459 bits per heavy atom. The summed E-state index contributed by atoms with van der Waals surface area (Å²) in [6.07, 6.45) is 0. The van der Waals surface area contributed by atoms with E-state index in [1.165, 1.54) is 84.9 Å². The van der Waals surface area contributed by atoms with Gasteiger partial charge in [-0.15, -0.1) is 0 Å². The van der Waals surface area contributed by atoms with Crippen molar-refractivity contribution in [1.82, 2.24) is 0 Å². The number of phenolic OH excluding ortho intramolecular Hbond substituents is 2. The second-order valence-electron chi connectivity index (χ2n) is 8.44. The number of aromatic hydroxyl groups is 2. The van der Waals surface area contributed by atoms with E-state index in [-0.39, 0.29) is 45.3 Å². The number of carbonyl (C=O) groups excluding carboxylic acids is 4. The highest BCUT2D eigenvalue weighted by Gasteiger charge is 2.38. The molecule has 4 amide bonds. The lowest BCUT2D eigenvalue weighted by Crippen LogP contribution is -2.29. The van der Waals surface area contributed by atoms with Crippen LogP contribution in [0.25, 0.3) is 0 Å². The minimum absolute atomic E-state index is 0.0109. The number of amides is 4. The van der Waals surface area contributed by atoms with Gasteiger partial charge in [0.2, 0.25) is 0 Å². The van der Waals surface area contributed by atoms with Gasteiger partial charge in [-0.25, -0.2) is 9.80 Å². The van der Waals surface area contributed by atoms with E-state index < -0.39 is 23.6 Å². The zero-order valence-electron chi connectivity index (χ0n) is 18.9. The van der Waals surface area contributed by atoms with Gasteiger partial charge in [-0.05, 0) is 84.9 Å². The lowest BCUT2D eigenvalue weighted by molar-refractivity contribution is 0.0910. The standard InChI is InChI=1S/C28H16N2O7/c31-17-5-1-15(2-6-17)29-25(33)21-11-9-19(13-23(21)27(29)35)37-20-10-12-22-24(14-20)28(36)30(26(22)34)16-3-7-18(32)8-4-16/h1-14,31-32H. The van der Waals surface area contributed by atoms with Gasteiger partial charge in [-0.1, -0.05) is 0 Å². The topological polar surface area (TPSA) is 124 Å². The summed E-state index contributed by atoms with van der Waals surface area (Å²) in [5.74, 6) is -1.50. The molecule has 2 aliphatic heterocycles. The molecule has 37 heavy (non-hydrogen) atoms. The third-order valence-electron chi connectivity index (χ3n) is 6.17. The molecule has 2 aliphatic rings. The predicted molar refractivity (Wildman–Crippen MR) is 131 cm³/mol. The van der Waals surface area contributed by atoms with Crippen LogP contribution >= 0.6 is 0 Å². The number of nitrogens with zero attached hydrogens (tertiary/aromatic N) is 2. The first kappa shape index (κ1) is 22.1. The van der Waals surface area contributed by atoms with Gasteiger partial charge in [0.1, 0.15) is 23.0 Å². The van der Waals surface area contributed by atoms with E-state index in [2.05, 4.69) is 0 Å². The van der Waals surface area contributed by atoms with Gasteiger partial charge >= 0.3 is 0 Å². The van der Waals surface area contributed by atoms with E-state index in [4.69, 9.17) is 4.74 Å². The van der Waals surface area contributed by atoms with E-state index in [0.29, 0.717) is 11.4 Å². The van der Waals surface area contributed by atoms with Crippen LogP contribution in [0.3, 0.4) is 0 Å². The summed E-state index contributed by atoms with van der Waals surface area (Å²) < 4.78 is 5.88. The molecule has 4 aromatic rings. The van der Waals surface area contributed by atoms with Gasteiger partial charge in [0.25, 0.3) is 23.6 Å². The van der Waals surface area contributed by atoms with Crippen LogP contribution in [-0.4, -0.2) is 33.8 Å². The highest BCUT2D eigenvalue weighted by molar-refractivity contribution is 6.35. The first-order valence-electron chi connectivity index (χ1n) is 11.1. The monoisotopic (exact) mass is 492 g/mol. The molecule has 2 N–H and O–H groups in total. The molecule has 0 bridgehead atoms. The quantitative estimate of drug-likeness (QED) is 0.402. The lowest BCUT2D eigenvalue weighted by atomic mass is 10.1. The first-order chi connectivity index (χ1) is 17.8. The summed E-state index contributed by atoms with van der Waals surface area (Å²) in [5, 5.41) is 19.0. The molecular formula is C28H16N2O7. The normalized spacial score (nSPS) is 14.3. The van der Waals surface area contributed by atoms with Crippen LogP contribution in [0, 0.1) is 0 Å². The summed E-state index contributed by atoms with van der Waals surface area (Å²) in [7, 11) is 0. The number of carbonyl (C=O) groups is 4. The fraction of sp³-hybridized carbons (Fsp3) is 0. The van der Waals surface area contributed by atoms with Crippen molar-refractivity contribution in [3.8, 4) is 23.0 Å². The molecule has 6 rings (SSSR count). The van der Waals surface area contributed by atoms with Gasteiger partial charge in [-0.2, -0.15) is 0 Å².